The van der Waals surface area contributed by atoms with E-state index in [1.54, 1.807) is 15.6 Å². The maximum absolute atomic E-state index is 13.3. The summed E-state index contributed by atoms with van der Waals surface area (Å²) in [5.74, 6) is 0.349. The van der Waals surface area contributed by atoms with Gasteiger partial charge in [0, 0.05) is 24.8 Å². The molecule has 0 saturated heterocycles. The molecule has 0 saturated carbocycles. The quantitative estimate of drug-likeness (QED) is 0.421. The van der Waals surface area contributed by atoms with E-state index < -0.39 is 0 Å². The van der Waals surface area contributed by atoms with Crippen LogP contribution in [0.5, 0.6) is 0 Å². The smallest absolute Gasteiger partial charge is 0.267 e. The van der Waals surface area contributed by atoms with Crippen LogP contribution in [-0.2, 0) is 24.3 Å². The molecule has 0 N–H and O–H groups in total. The van der Waals surface area contributed by atoms with Gasteiger partial charge < -0.3 is 4.90 Å². The number of nitrogens with zero attached hydrogens (tertiary/aromatic N) is 5. The van der Waals surface area contributed by atoms with Crippen LogP contribution in [0.15, 0.2) is 83.7 Å². The summed E-state index contributed by atoms with van der Waals surface area (Å²) in [6.45, 7) is 4.71. The Morgan fingerprint density at radius 2 is 1.55 bits per heavy atom. The fraction of sp³-hybridized carbons (Fsp3) is 0.231. The number of aromatic nitrogens is 4. The zero-order chi connectivity index (χ0) is 23.2. The molecule has 0 unspecified atom stereocenters. The molecule has 168 valence electrons. The van der Waals surface area contributed by atoms with Gasteiger partial charge in [-0.1, -0.05) is 60.7 Å². The molecule has 7 nitrogen and oxygen atoms in total. The molecular weight excluding hydrogens is 414 g/mol. The van der Waals surface area contributed by atoms with Gasteiger partial charge in [-0.3, -0.25) is 9.59 Å². The monoisotopic (exact) mass is 441 g/mol. The standard InChI is InChI=1S/C26H27N5O2/c1-20-17-21(2)31(27-20)24-13-14-25(32)30(28-24)19-26(33)29(18-23-11-7-4-8-12-23)16-15-22-9-5-3-6-10-22/h3-14,17H,15-16,18-19H2,1-2H3. The van der Waals surface area contributed by atoms with E-state index in [2.05, 4.69) is 22.3 Å². The molecule has 0 aliphatic heterocycles. The Bertz CT molecular complexity index is 1280. The first-order chi connectivity index (χ1) is 16.0. The lowest BCUT2D eigenvalue weighted by molar-refractivity contribution is -0.132. The molecule has 2 aromatic heterocycles. The van der Waals surface area contributed by atoms with Crippen molar-refractivity contribution in [1.29, 1.82) is 0 Å². The fourth-order valence-corrected chi connectivity index (χ4v) is 3.76. The van der Waals surface area contributed by atoms with Crippen LogP contribution in [0.1, 0.15) is 22.5 Å². The zero-order valence-corrected chi connectivity index (χ0v) is 18.9. The maximum atomic E-state index is 13.3. The molecule has 1 amide bonds. The van der Waals surface area contributed by atoms with Crippen LogP contribution in [0.3, 0.4) is 0 Å². The van der Waals surface area contributed by atoms with Crippen molar-refractivity contribution >= 4 is 5.91 Å². The predicted octanol–water partition coefficient (Wildman–Crippen LogP) is 3.32. The maximum Gasteiger partial charge on any atom is 0.267 e. The summed E-state index contributed by atoms with van der Waals surface area (Å²) < 4.78 is 2.89. The van der Waals surface area contributed by atoms with E-state index in [9.17, 15) is 9.59 Å². The second-order valence-corrected chi connectivity index (χ2v) is 8.06. The predicted molar refractivity (Wildman–Crippen MR) is 127 cm³/mol. The van der Waals surface area contributed by atoms with Crippen molar-refractivity contribution in [1.82, 2.24) is 24.5 Å². The van der Waals surface area contributed by atoms with Crippen molar-refractivity contribution in [2.24, 2.45) is 0 Å². The van der Waals surface area contributed by atoms with Gasteiger partial charge in [-0.05, 0) is 43.5 Å². The van der Waals surface area contributed by atoms with Gasteiger partial charge in [-0.25, -0.2) is 9.36 Å². The highest BCUT2D eigenvalue weighted by Crippen LogP contribution is 2.10. The van der Waals surface area contributed by atoms with Crippen molar-refractivity contribution in [2.45, 2.75) is 33.4 Å². The minimum atomic E-state index is -0.323. The first-order valence-electron chi connectivity index (χ1n) is 11.0. The Morgan fingerprint density at radius 1 is 0.879 bits per heavy atom. The number of hydrogen-bond acceptors (Lipinski definition) is 4. The van der Waals surface area contributed by atoms with Crippen LogP contribution in [0.2, 0.25) is 0 Å². The molecule has 33 heavy (non-hydrogen) atoms. The van der Waals surface area contributed by atoms with Crippen molar-refractivity contribution in [3.05, 3.63) is 112 Å². The second kappa shape index (κ2) is 10.1. The van der Waals surface area contributed by atoms with E-state index in [1.807, 2.05) is 68.4 Å². The minimum absolute atomic E-state index is 0.131. The zero-order valence-electron chi connectivity index (χ0n) is 18.9. The van der Waals surface area contributed by atoms with Crippen molar-refractivity contribution < 1.29 is 4.79 Å². The first-order valence-corrected chi connectivity index (χ1v) is 11.0. The van der Waals surface area contributed by atoms with E-state index in [0.717, 1.165) is 28.9 Å². The fourth-order valence-electron chi connectivity index (χ4n) is 3.76. The Hall–Kier alpha value is -4.00. The summed E-state index contributed by atoms with van der Waals surface area (Å²) in [7, 11) is 0. The summed E-state index contributed by atoms with van der Waals surface area (Å²) in [6, 6.07) is 24.9. The van der Waals surface area contributed by atoms with Gasteiger partial charge in [0.25, 0.3) is 5.56 Å². The summed E-state index contributed by atoms with van der Waals surface area (Å²) in [5, 5.41) is 8.85. The average Bonchev–Trinajstić information content (AvgIpc) is 3.17. The van der Waals surface area contributed by atoms with Gasteiger partial charge in [0.1, 0.15) is 6.54 Å². The van der Waals surface area contributed by atoms with Crippen LogP contribution in [0, 0.1) is 13.8 Å². The van der Waals surface area contributed by atoms with E-state index in [-0.39, 0.29) is 18.0 Å². The Kier molecular flexibility index (Phi) is 6.78. The third-order valence-electron chi connectivity index (χ3n) is 5.45. The summed E-state index contributed by atoms with van der Waals surface area (Å²) in [6.07, 6.45) is 0.730. The highest BCUT2D eigenvalue weighted by molar-refractivity contribution is 5.76. The third-order valence-corrected chi connectivity index (χ3v) is 5.45. The first kappa shape index (κ1) is 22.2. The summed E-state index contributed by atoms with van der Waals surface area (Å²) in [4.78, 5) is 27.6. The molecule has 0 fully saturated rings. The highest BCUT2D eigenvalue weighted by atomic mass is 16.2. The lowest BCUT2D eigenvalue weighted by Crippen LogP contribution is -2.38. The van der Waals surface area contributed by atoms with Gasteiger partial charge in [0.15, 0.2) is 5.82 Å². The highest BCUT2D eigenvalue weighted by Gasteiger charge is 2.17. The molecule has 0 bridgehead atoms. The van der Waals surface area contributed by atoms with Gasteiger partial charge >= 0.3 is 0 Å². The molecule has 7 heteroatoms. The molecule has 0 aliphatic rings. The van der Waals surface area contributed by atoms with Crippen LogP contribution < -0.4 is 5.56 Å². The molecule has 2 aromatic carbocycles. The van der Waals surface area contributed by atoms with Crippen molar-refractivity contribution in [3.63, 3.8) is 0 Å². The molecule has 0 spiro atoms. The van der Waals surface area contributed by atoms with Crippen LogP contribution in [0.25, 0.3) is 5.82 Å². The SMILES string of the molecule is Cc1cc(C)n(-c2ccc(=O)n(CC(=O)N(CCc3ccccc3)Cc3ccccc3)n2)n1. The van der Waals surface area contributed by atoms with Crippen LogP contribution >= 0.6 is 0 Å². The lowest BCUT2D eigenvalue weighted by Gasteiger charge is -2.23. The molecule has 4 rings (SSSR count). The Labute approximate surface area is 192 Å². The molecule has 0 aliphatic carbocycles. The number of rotatable bonds is 8. The second-order valence-electron chi connectivity index (χ2n) is 8.06. The Balaban J connectivity index is 1.56. The van der Waals surface area contributed by atoms with Gasteiger partial charge in [0.2, 0.25) is 5.91 Å². The molecular formula is C26H27N5O2. The molecule has 4 aromatic rings. The summed E-state index contributed by atoms with van der Waals surface area (Å²) >= 11 is 0. The van der Waals surface area contributed by atoms with Crippen LogP contribution in [0.4, 0.5) is 0 Å². The Morgan fingerprint density at radius 3 is 2.18 bits per heavy atom. The number of carbonyl (C=O) groups excluding carboxylic acids is 1. The molecule has 0 radical (unpaired) electrons. The summed E-state index contributed by atoms with van der Waals surface area (Å²) in [5.41, 5.74) is 3.64. The number of aryl methyl sites for hydroxylation is 2. The third kappa shape index (κ3) is 5.63. The van der Waals surface area contributed by atoms with Gasteiger partial charge in [0.05, 0.1) is 5.69 Å². The largest absolute Gasteiger partial charge is 0.336 e. The van der Waals surface area contributed by atoms with E-state index >= 15 is 0 Å². The van der Waals surface area contributed by atoms with Crippen LogP contribution in [-0.4, -0.2) is 36.9 Å². The number of amides is 1. The van der Waals surface area contributed by atoms with Gasteiger partial charge in [-0.15, -0.1) is 5.10 Å². The topological polar surface area (TPSA) is 73.0 Å². The van der Waals surface area contributed by atoms with E-state index in [0.29, 0.717) is 18.9 Å². The number of benzene rings is 2. The van der Waals surface area contributed by atoms with E-state index in [1.165, 1.54) is 10.7 Å². The number of hydrogen-bond donors (Lipinski definition) is 0. The number of carbonyl (C=O) groups is 1. The lowest BCUT2D eigenvalue weighted by atomic mass is 10.1. The molecule has 2 heterocycles. The minimum Gasteiger partial charge on any atom is -0.336 e. The van der Waals surface area contributed by atoms with Gasteiger partial charge in [-0.2, -0.15) is 5.10 Å². The van der Waals surface area contributed by atoms with Crippen molar-refractivity contribution in [2.75, 3.05) is 6.54 Å². The average molecular weight is 442 g/mol. The van der Waals surface area contributed by atoms with Crippen molar-refractivity contribution in [3.8, 4) is 5.82 Å². The molecule has 0 atom stereocenters. The normalized spacial score (nSPS) is 10.8. The van der Waals surface area contributed by atoms with E-state index in [4.69, 9.17) is 0 Å².